The van der Waals surface area contributed by atoms with Crippen molar-refractivity contribution in [2.75, 3.05) is 18.4 Å². The Bertz CT molecular complexity index is 542. The van der Waals surface area contributed by atoms with Gasteiger partial charge in [0.2, 0.25) is 5.91 Å². The SMILES string of the molecule is O=C(Nc1ccc2[nH]ncc2c1)C1CCNC1. The van der Waals surface area contributed by atoms with E-state index in [0.717, 1.165) is 36.1 Å². The van der Waals surface area contributed by atoms with Crippen molar-refractivity contribution in [3.05, 3.63) is 24.4 Å². The van der Waals surface area contributed by atoms with E-state index in [1.807, 2.05) is 18.2 Å². The number of amides is 1. The number of carbonyl (C=O) groups excluding carboxylic acids is 1. The van der Waals surface area contributed by atoms with E-state index >= 15 is 0 Å². The molecule has 5 nitrogen and oxygen atoms in total. The first kappa shape index (κ1) is 10.3. The van der Waals surface area contributed by atoms with Crippen LogP contribution in [0.25, 0.3) is 10.9 Å². The van der Waals surface area contributed by atoms with Crippen LogP contribution in [0.3, 0.4) is 0 Å². The highest BCUT2D eigenvalue weighted by Gasteiger charge is 2.22. The molecule has 0 spiro atoms. The largest absolute Gasteiger partial charge is 0.326 e. The molecule has 3 rings (SSSR count). The summed E-state index contributed by atoms with van der Waals surface area (Å²) in [6.45, 7) is 1.71. The number of hydrogen-bond donors (Lipinski definition) is 3. The van der Waals surface area contributed by atoms with Gasteiger partial charge in [-0.3, -0.25) is 9.89 Å². The van der Waals surface area contributed by atoms with Crippen LogP contribution >= 0.6 is 0 Å². The maximum atomic E-state index is 11.9. The molecule has 3 N–H and O–H groups in total. The smallest absolute Gasteiger partial charge is 0.228 e. The van der Waals surface area contributed by atoms with E-state index in [1.165, 1.54) is 0 Å². The highest BCUT2D eigenvalue weighted by molar-refractivity contribution is 5.95. The number of rotatable bonds is 2. The Labute approximate surface area is 98.6 Å². The van der Waals surface area contributed by atoms with Crippen LogP contribution in [-0.4, -0.2) is 29.2 Å². The average molecular weight is 230 g/mol. The second-order valence-electron chi connectivity index (χ2n) is 4.35. The molecule has 1 atom stereocenters. The molecule has 1 aliphatic heterocycles. The molecule has 0 saturated carbocycles. The van der Waals surface area contributed by atoms with Gasteiger partial charge in [-0.2, -0.15) is 5.10 Å². The van der Waals surface area contributed by atoms with Crippen molar-refractivity contribution in [1.82, 2.24) is 15.5 Å². The van der Waals surface area contributed by atoms with Crippen LogP contribution in [0.2, 0.25) is 0 Å². The normalized spacial score (nSPS) is 19.6. The summed E-state index contributed by atoms with van der Waals surface area (Å²) in [4.78, 5) is 11.9. The quantitative estimate of drug-likeness (QED) is 0.724. The number of fused-ring (bicyclic) bond motifs is 1. The summed E-state index contributed by atoms with van der Waals surface area (Å²) in [5, 5.41) is 14.0. The number of H-pyrrole nitrogens is 1. The number of aromatic amines is 1. The van der Waals surface area contributed by atoms with Crippen LogP contribution in [-0.2, 0) is 4.79 Å². The van der Waals surface area contributed by atoms with Gasteiger partial charge >= 0.3 is 0 Å². The van der Waals surface area contributed by atoms with Crippen molar-refractivity contribution < 1.29 is 4.79 Å². The topological polar surface area (TPSA) is 69.8 Å². The number of nitrogens with one attached hydrogen (secondary N) is 3. The van der Waals surface area contributed by atoms with Gasteiger partial charge in [-0.25, -0.2) is 0 Å². The van der Waals surface area contributed by atoms with Crippen molar-refractivity contribution in [1.29, 1.82) is 0 Å². The molecular formula is C12H14N4O. The molecule has 1 saturated heterocycles. The minimum absolute atomic E-state index is 0.0926. The lowest BCUT2D eigenvalue weighted by atomic mass is 10.1. The highest BCUT2D eigenvalue weighted by Crippen LogP contribution is 2.18. The summed E-state index contributed by atoms with van der Waals surface area (Å²) < 4.78 is 0. The second-order valence-corrected chi connectivity index (χ2v) is 4.35. The number of aromatic nitrogens is 2. The Hall–Kier alpha value is -1.88. The first-order valence-electron chi connectivity index (χ1n) is 5.77. The zero-order chi connectivity index (χ0) is 11.7. The van der Waals surface area contributed by atoms with Crippen LogP contribution in [0.5, 0.6) is 0 Å². The lowest BCUT2D eigenvalue weighted by Crippen LogP contribution is -2.24. The van der Waals surface area contributed by atoms with Gasteiger partial charge in [-0.15, -0.1) is 0 Å². The molecule has 1 aliphatic rings. The van der Waals surface area contributed by atoms with Crippen LogP contribution in [0.15, 0.2) is 24.4 Å². The Morgan fingerprint density at radius 3 is 3.24 bits per heavy atom. The minimum Gasteiger partial charge on any atom is -0.326 e. The van der Waals surface area contributed by atoms with E-state index in [9.17, 15) is 4.79 Å². The fraction of sp³-hybridized carbons (Fsp3) is 0.333. The molecule has 17 heavy (non-hydrogen) atoms. The maximum Gasteiger partial charge on any atom is 0.228 e. The lowest BCUT2D eigenvalue weighted by molar-refractivity contribution is -0.119. The van der Waals surface area contributed by atoms with E-state index in [4.69, 9.17) is 0 Å². The summed E-state index contributed by atoms with van der Waals surface area (Å²) >= 11 is 0. The van der Waals surface area contributed by atoms with E-state index in [2.05, 4.69) is 20.8 Å². The minimum atomic E-state index is 0.0926. The third-order valence-corrected chi connectivity index (χ3v) is 3.14. The first-order chi connectivity index (χ1) is 8.33. The van der Waals surface area contributed by atoms with Gasteiger partial charge in [-0.05, 0) is 31.2 Å². The molecule has 1 aromatic carbocycles. The zero-order valence-electron chi connectivity index (χ0n) is 9.36. The summed E-state index contributed by atoms with van der Waals surface area (Å²) in [7, 11) is 0. The number of nitrogens with zero attached hydrogens (tertiary/aromatic N) is 1. The summed E-state index contributed by atoms with van der Waals surface area (Å²) in [6.07, 6.45) is 2.67. The monoisotopic (exact) mass is 230 g/mol. The summed E-state index contributed by atoms with van der Waals surface area (Å²) in [6, 6.07) is 5.74. The molecule has 1 amide bonds. The number of anilines is 1. The van der Waals surface area contributed by atoms with Gasteiger partial charge in [-0.1, -0.05) is 0 Å². The fourth-order valence-electron chi connectivity index (χ4n) is 2.14. The van der Waals surface area contributed by atoms with Gasteiger partial charge < -0.3 is 10.6 Å². The predicted octanol–water partition coefficient (Wildman–Crippen LogP) is 1.11. The molecule has 0 radical (unpaired) electrons. The van der Waals surface area contributed by atoms with Crippen LogP contribution in [0.4, 0.5) is 5.69 Å². The Morgan fingerprint density at radius 2 is 2.41 bits per heavy atom. The van der Waals surface area contributed by atoms with Gasteiger partial charge in [0.1, 0.15) is 0 Å². The van der Waals surface area contributed by atoms with E-state index in [1.54, 1.807) is 6.20 Å². The third kappa shape index (κ3) is 2.01. The van der Waals surface area contributed by atoms with Gasteiger partial charge in [0.15, 0.2) is 0 Å². The molecule has 1 fully saturated rings. The van der Waals surface area contributed by atoms with Crippen molar-refractivity contribution in [2.45, 2.75) is 6.42 Å². The highest BCUT2D eigenvalue weighted by atomic mass is 16.1. The number of hydrogen-bond acceptors (Lipinski definition) is 3. The molecule has 1 unspecified atom stereocenters. The molecular weight excluding hydrogens is 216 g/mol. The van der Waals surface area contributed by atoms with E-state index in [0.29, 0.717) is 0 Å². The number of carbonyl (C=O) groups is 1. The molecule has 2 heterocycles. The number of benzene rings is 1. The van der Waals surface area contributed by atoms with E-state index < -0.39 is 0 Å². The Kier molecular flexibility index (Phi) is 2.53. The molecule has 88 valence electrons. The van der Waals surface area contributed by atoms with Gasteiger partial charge in [0.25, 0.3) is 0 Å². The average Bonchev–Trinajstić information content (AvgIpc) is 2.99. The molecule has 2 aromatic rings. The second kappa shape index (κ2) is 4.18. The maximum absolute atomic E-state index is 11.9. The third-order valence-electron chi connectivity index (χ3n) is 3.14. The Morgan fingerprint density at radius 1 is 1.47 bits per heavy atom. The van der Waals surface area contributed by atoms with Gasteiger partial charge in [0.05, 0.1) is 17.6 Å². The lowest BCUT2D eigenvalue weighted by Gasteiger charge is -2.09. The van der Waals surface area contributed by atoms with Crippen LogP contribution in [0, 0.1) is 5.92 Å². The standard InChI is InChI=1S/C12H14N4O/c17-12(8-3-4-13-6-8)15-10-1-2-11-9(5-10)7-14-16-11/h1-2,5,7-8,13H,3-4,6H2,(H,14,16)(H,15,17). The van der Waals surface area contributed by atoms with Gasteiger partial charge in [0, 0.05) is 17.6 Å². The van der Waals surface area contributed by atoms with E-state index in [-0.39, 0.29) is 11.8 Å². The summed E-state index contributed by atoms with van der Waals surface area (Å²) in [5.41, 5.74) is 1.81. The predicted molar refractivity (Wildman–Crippen MR) is 65.7 cm³/mol. The van der Waals surface area contributed by atoms with Crippen LogP contribution in [0.1, 0.15) is 6.42 Å². The zero-order valence-corrected chi connectivity index (χ0v) is 9.36. The summed E-state index contributed by atoms with van der Waals surface area (Å²) in [5.74, 6) is 0.188. The first-order valence-corrected chi connectivity index (χ1v) is 5.77. The molecule has 5 heteroatoms. The van der Waals surface area contributed by atoms with Crippen molar-refractivity contribution >= 4 is 22.5 Å². The molecule has 0 aliphatic carbocycles. The molecule has 0 bridgehead atoms. The fourth-order valence-corrected chi connectivity index (χ4v) is 2.14. The van der Waals surface area contributed by atoms with Crippen molar-refractivity contribution in [2.24, 2.45) is 5.92 Å². The Balaban J connectivity index is 1.77. The molecule has 1 aromatic heterocycles. The van der Waals surface area contributed by atoms with Crippen molar-refractivity contribution in [3.8, 4) is 0 Å². The van der Waals surface area contributed by atoms with Crippen LogP contribution < -0.4 is 10.6 Å². The van der Waals surface area contributed by atoms with Crippen molar-refractivity contribution in [3.63, 3.8) is 0 Å².